The first-order valence-corrected chi connectivity index (χ1v) is 6.18. The van der Waals surface area contributed by atoms with Gasteiger partial charge in [0.05, 0.1) is 0 Å². The van der Waals surface area contributed by atoms with Crippen LogP contribution in [0.4, 0.5) is 0 Å². The molecule has 1 N–H and O–H groups in total. The van der Waals surface area contributed by atoms with E-state index < -0.39 is 0 Å². The van der Waals surface area contributed by atoms with E-state index in [-0.39, 0.29) is 0 Å². The minimum atomic E-state index is 1.05. The molecule has 0 aliphatic rings. The molecule has 0 radical (unpaired) electrons. The predicted molar refractivity (Wildman–Crippen MR) is 68.6 cm³/mol. The van der Waals surface area contributed by atoms with Crippen molar-refractivity contribution in [1.82, 2.24) is 15.2 Å². The van der Waals surface area contributed by atoms with Gasteiger partial charge in [-0.15, -0.1) is 0 Å². The Bertz CT molecular complexity index is 257. The zero-order chi connectivity index (χ0) is 11.6. The van der Waals surface area contributed by atoms with E-state index in [2.05, 4.69) is 41.2 Å². The molecule has 3 nitrogen and oxygen atoms in total. The zero-order valence-corrected chi connectivity index (χ0v) is 10.4. The van der Waals surface area contributed by atoms with Crippen molar-refractivity contribution in [3.05, 3.63) is 30.1 Å². The van der Waals surface area contributed by atoms with Crippen LogP contribution in [0.1, 0.15) is 19.4 Å². The summed E-state index contributed by atoms with van der Waals surface area (Å²) in [4.78, 5) is 6.44. The van der Waals surface area contributed by atoms with Crippen molar-refractivity contribution in [2.75, 3.05) is 32.7 Å². The number of nitrogens with zero attached hydrogens (tertiary/aromatic N) is 2. The molecule has 0 aromatic carbocycles. The molecule has 16 heavy (non-hydrogen) atoms. The summed E-state index contributed by atoms with van der Waals surface area (Å²) >= 11 is 0. The Morgan fingerprint density at radius 3 is 2.44 bits per heavy atom. The maximum absolute atomic E-state index is 4.01. The summed E-state index contributed by atoms with van der Waals surface area (Å²) in [6, 6.07) is 4.15. The van der Waals surface area contributed by atoms with Crippen molar-refractivity contribution in [2.45, 2.75) is 20.3 Å². The van der Waals surface area contributed by atoms with Crippen molar-refractivity contribution < 1.29 is 0 Å². The van der Waals surface area contributed by atoms with Crippen LogP contribution in [0.5, 0.6) is 0 Å². The molecule has 0 unspecified atom stereocenters. The first-order chi connectivity index (χ1) is 7.86. The first-order valence-electron chi connectivity index (χ1n) is 6.18. The molecule has 90 valence electrons. The smallest absolute Gasteiger partial charge is 0.0270 e. The maximum Gasteiger partial charge on any atom is 0.0270 e. The average Bonchev–Trinajstić information content (AvgIpc) is 2.35. The topological polar surface area (TPSA) is 28.2 Å². The molecule has 0 atom stereocenters. The highest BCUT2D eigenvalue weighted by atomic mass is 15.1. The molecule has 1 aromatic heterocycles. The highest BCUT2D eigenvalue weighted by molar-refractivity contribution is 5.09. The highest BCUT2D eigenvalue weighted by Gasteiger charge is 1.97. The number of rotatable bonds is 8. The van der Waals surface area contributed by atoms with Gasteiger partial charge in [0, 0.05) is 25.5 Å². The van der Waals surface area contributed by atoms with Gasteiger partial charge in [-0.25, -0.2) is 0 Å². The van der Waals surface area contributed by atoms with Gasteiger partial charge in [-0.3, -0.25) is 4.98 Å². The second kappa shape index (κ2) is 8.25. The van der Waals surface area contributed by atoms with E-state index >= 15 is 0 Å². The average molecular weight is 221 g/mol. The Hall–Kier alpha value is -0.930. The van der Waals surface area contributed by atoms with E-state index in [1.54, 1.807) is 0 Å². The van der Waals surface area contributed by atoms with Crippen LogP contribution in [0, 0.1) is 0 Å². The van der Waals surface area contributed by atoms with Crippen molar-refractivity contribution >= 4 is 0 Å². The van der Waals surface area contributed by atoms with E-state index in [0.717, 1.165) is 39.1 Å². The summed E-state index contributed by atoms with van der Waals surface area (Å²) in [5.41, 5.74) is 1.35. The Morgan fingerprint density at radius 1 is 1.12 bits per heavy atom. The lowest BCUT2D eigenvalue weighted by atomic mass is 10.2. The highest BCUT2D eigenvalue weighted by Crippen LogP contribution is 1.95. The quantitative estimate of drug-likeness (QED) is 0.675. The molecule has 0 aliphatic carbocycles. The number of aromatic nitrogens is 1. The molecule has 0 saturated heterocycles. The number of hydrogen-bond acceptors (Lipinski definition) is 3. The summed E-state index contributed by atoms with van der Waals surface area (Å²) < 4.78 is 0. The van der Waals surface area contributed by atoms with Crippen LogP contribution in [0.25, 0.3) is 0 Å². The lowest BCUT2D eigenvalue weighted by molar-refractivity contribution is 0.303. The van der Waals surface area contributed by atoms with Crippen LogP contribution >= 0.6 is 0 Å². The van der Waals surface area contributed by atoms with Crippen molar-refractivity contribution in [3.8, 4) is 0 Å². The first kappa shape index (κ1) is 13.1. The summed E-state index contributed by atoms with van der Waals surface area (Å²) in [6.07, 6.45) is 4.79. The summed E-state index contributed by atoms with van der Waals surface area (Å²) in [7, 11) is 0. The largest absolute Gasteiger partial charge is 0.315 e. The second-order valence-corrected chi connectivity index (χ2v) is 3.88. The fourth-order valence-electron chi connectivity index (χ4n) is 1.68. The molecule has 3 heteroatoms. The summed E-state index contributed by atoms with van der Waals surface area (Å²) in [5.74, 6) is 0. The third kappa shape index (κ3) is 5.24. The zero-order valence-electron chi connectivity index (χ0n) is 10.4. The van der Waals surface area contributed by atoms with Gasteiger partial charge >= 0.3 is 0 Å². The molecule has 1 aromatic rings. The van der Waals surface area contributed by atoms with Gasteiger partial charge in [-0.1, -0.05) is 13.8 Å². The predicted octanol–water partition coefficient (Wildman–Crippen LogP) is 1.56. The van der Waals surface area contributed by atoms with Crippen LogP contribution in [0.15, 0.2) is 24.5 Å². The summed E-state index contributed by atoms with van der Waals surface area (Å²) in [6.45, 7) is 9.97. The maximum atomic E-state index is 4.01. The monoisotopic (exact) mass is 221 g/mol. The van der Waals surface area contributed by atoms with Crippen LogP contribution in [-0.2, 0) is 6.42 Å². The third-order valence-corrected chi connectivity index (χ3v) is 2.84. The third-order valence-electron chi connectivity index (χ3n) is 2.84. The molecule has 0 aliphatic heterocycles. The lowest BCUT2D eigenvalue weighted by Crippen LogP contribution is -2.32. The van der Waals surface area contributed by atoms with E-state index in [0.29, 0.717) is 0 Å². The number of pyridine rings is 1. The van der Waals surface area contributed by atoms with E-state index in [1.807, 2.05) is 12.4 Å². The number of likely N-dealkylation sites (N-methyl/N-ethyl adjacent to an activating group) is 1. The van der Waals surface area contributed by atoms with Gasteiger partial charge in [0.2, 0.25) is 0 Å². The fraction of sp³-hybridized carbons (Fsp3) is 0.615. The number of nitrogens with one attached hydrogen (secondary N) is 1. The standard InChI is InChI=1S/C13H23N3/c1-3-16(4-2)12-11-15-10-7-13-5-8-14-9-6-13/h5-6,8-9,15H,3-4,7,10-12H2,1-2H3. The number of hydrogen-bond donors (Lipinski definition) is 1. The van der Waals surface area contributed by atoms with Crippen LogP contribution in [0.3, 0.4) is 0 Å². The molecule has 1 rings (SSSR count). The molecule has 0 fully saturated rings. The van der Waals surface area contributed by atoms with Crippen LogP contribution in [0.2, 0.25) is 0 Å². The van der Waals surface area contributed by atoms with Gasteiger partial charge in [0.1, 0.15) is 0 Å². The molecule has 0 saturated carbocycles. The Labute approximate surface area is 98.9 Å². The molecule has 0 spiro atoms. The van der Waals surface area contributed by atoms with Crippen molar-refractivity contribution in [2.24, 2.45) is 0 Å². The second-order valence-electron chi connectivity index (χ2n) is 3.88. The van der Waals surface area contributed by atoms with Gasteiger partial charge < -0.3 is 10.2 Å². The van der Waals surface area contributed by atoms with Gasteiger partial charge in [-0.05, 0) is 43.8 Å². The Kier molecular flexibility index (Phi) is 6.77. The molecular formula is C13H23N3. The van der Waals surface area contributed by atoms with E-state index in [9.17, 15) is 0 Å². The van der Waals surface area contributed by atoms with Gasteiger partial charge in [-0.2, -0.15) is 0 Å². The summed E-state index contributed by atoms with van der Waals surface area (Å²) in [5, 5.41) is 3.47. The minimum Gasteiger partial charge on any atom is -0.315 e. The molecular weight excluding hydrogens is 198 g/mol. The normalized spacial score (nSPS) is 10.9. The SMILES string of the molecule is CCN(CC)CCNCCc1ccncc1. The van der Waals surface area contributed by atoms with Gasteiger partial charge in [0.15, 0.2) is 0 Å². The minimum absolute atomic E-state index is 1.05. The van der Waals surface area contributed by atoms with Crippen LogP contribution in [-0.4, -0.2) is 42.6 Å². The lowest BCUT2D eigenvalue weighted by Gasteiger charge is -2.17. The van der Waals surface area contributed by atoms with E-state index in [1.165, 1.54) is 5.56 Å². The van der Waals surface area contributed by atoms with Crippen LogP contribution < -0.4 is 5.32 Å². The van der Waals surface area contributed by atoms with Gasteiger partial charge in [0.25, 0.3) is 0 Å². The Balaban J connectivity index is 2.04. The molecule has 0 amide bonds. The van der Waals surface area contributed by atoms with Crippen molar-refractivity contribution in [3.63, 3.8) is 0 Å². The Morgan fingerprint density at radius 2 is 1.81 bits per heavy atom. The fourth-order valence-corrected chi connectivity index (χ4v) is 1.68. The van der Waals surface area contributed by atoms with E-state index in [4.69, 9.17) is 0 Å². The molecule has 1 heterocycles. The molecule has 0 bridgehead atoms. The van der Waals surface area contributed by atoms with Crippen molar-refractivity contribution in [1.29, 1.82) is 0 Å².